The van der Waals surface area contributed by atoms with Crippen LogP contribution in [0.3, 0.4) is 0 Å². The summed E-state index contributed by atoms with van der Waals surface area (Å²) in [5.74, 6) is -0.371. The van der Waals surface area contributed by atoms with Crippen LogP contribution < -0.4 is 5.32 Å². The number of alkyl halides is 3. The highest BCUT2D eigenvalue weighted by Gasteiger charge is 2.30. The molecule has 0 bridgehead atoms. The summed E-state index contributed by atoms with van der Waals surface area (Å²) in [6.07, 6.45) is 3.97. The number of rotatable bonds is 8. The molecule has 1 aromatic rings. The topological polar surface area (TPSA) is 82.0 Å². The molecule has 1 amide bonds. The highest BCUT2D eigenvalue weighted by atomic mass is 19.4. The lowest BCUT2D eigenvalue weighted by Crippen LogP contribution is -2.47. The molecule has 35 heavy (non-hydrogen) atoms. The number of nitrogens with zero attached hydrogens (tertiary/aromatic N) is 2. The number of amides is 1. The van der Waals surface area contributed by atoms with E-state index in [1.807, 2.05) is 17.9 Å². The van der Waals surface area contributed by atoms with Gasteiger partial charge in [0.25, 0.3) is 5.91 Å². The fraction of sp³-hybridized carbons (Fsp3) is 0.500. The van der Waals surface area contributed by atoms with Gasteiger partial charge in [0.2, 0.25) is 0 Å². The Labute approximate surface area is 203 Å². The van der Waals surface area contributed by atoms with Crippen LogP contribution in [0.5, 0.6) is 0 Å². The van der Waals surface area contributed by atoms with E-state index >= 15 is 0 Å². The minimum absolute atomic E-state index is 0.00572. The number of aliphatic hydroxyl groups excluding tert-OH is 1. The van der Waals surface area contributed by atoms with Gasteiger partial charge in [-0.3, -0.25) is 14.5 Å². The number of halogens is 3. The molecular formula is C26H32F3N3O3. The minimum Gasteiger partial charge on any atom is -0.506 e. The second-order valence-corrected chi connectivity index (χ2v) is 9.24. The summed E-state index contributed by atoms with van der Waals surface area (Å²) in [6.45, 7) is 3.54. The number of aryl methyl sites for hydroxylation is 1. The second kappa shape index (κ2) is 12.2. The average molecular weight is 492 g/mol. The lowest BCUT2D eigenvalue weighted by Gasteiger charge is -2.32. The van der Waals surface area contributed by atoms with E-state index in [1.54, 1.807) is 12.1 Å². The summed E-state index contributed by atoms with van der Waals surface area (Å²) in [6, 6.07) is 5.15. The van der Waals surface area contributed by atoms with E-state index in [4.69, 9.17) is 0 Å². The summed E-state index contributed by atoms with van der Waals surface area (Å²) in [4.78, 5) is 31.1. The Morgan fingerprint density at radius 3 is 2.69 bits per heavy atom. The first-order chi connectivity index (χ1) is 16.6. The number of carbonyl (C=O) groups excluding carboxylic acids is 2. The molecule has 1 aromatic carbocycles. The van der Waals surface area contributed by atoms with Crippen LogP contribution >= 0.6 is 0 Å². The zero-order chi connectivity index (χ0) is 25.4. The molecule has 2 N–H and O–H groups in total. The van der Waals surface area contributed by atoms with Crippen molar-refractivity contribution < 1.29 is 27.9 Å². The molecule has 2 aliphatic rings. The van der Waals surface area contributed by atoms with E-state index in [2.05, 4.69) is 10.3 Å². The van der Waals surface area contributed by atoms with Crippen LogP contribution in [-0.4, -0.2) is 53.1 Å². The molecule has 3 rings (SSSR count). The molecule has 0 unspecified atom stereocenters. The number of piperidine rings is 1. The third-order valence-electron chi connectivity index (χ3n) is 6.22. The van der Waals surface area contributed by atoms with Crippen molar-refractivity contribution in [2.24, 2.45) is 10.9 Å². The Morgan fingerprint density at radius 2 is 1.97 bits per heavy atom. The number of nitrogens with one attached hydrogen (secondary N) is 1. The predicted octanol–water partition coefficient (Wildman–Crippen LogP) is 4.61. The summed E-state index contributed by atoms with van der Waals surface area (Å²) in [5.41, 5.74) is -0.0924. The van der Waals surface area contributed by atoms with Gasteiger partial charge in [0.15, 0.2) is 5.71 Å². The molecule has 190 valence electrons. The molecule has 9 heteroatoms. The number of carbonyl (C=O) groups is 2. The SMILES string of the molecule is C[C@H]1\C=C(O)/C(C(=O)NC2CCN(CC(=O)CCCc3cccc(C(F)(F)F)c3)CC2)=N\C=C\C1. The highest BCUT2D eigenvalue weighted by Crippen LogP contribution is 2.29. The van der Waals surface area contributed by atoms with E-state index in [1.165, 1.54) is 12.3 Å². The summed E-state index contributed by atoms with van der Waals surface area (Å²) in [7, 11) is 0. The maximum absolute atomic E-state index is 12.8. The van der Waals surface area contributed by atoms with Crippen LogP contribution in [0.4, 0.5) is 13.2 Å². The minimum atomic E-state index is -4.37. The molecule has 1 fully saturated rings. The van der Waals surface area contributed by atoms with Crippen LogP contribution in [0, 0.1) is 5.92 Å². The number of Topliss-reactive ketones (excluding diaryl/α,β-unsaturated/α-hetero) is 1. The Kier molecular flexibility index (Phi) is 9.26. The van der Waals surface area contributed by atoms with Crippen LogP contribution in [0.25, 0.3) is 0 Å². The van der Waals surface area contributed by atoms with Gasteiger partial charge in [0.05, 0.1) is 12.1 Å². The van der Waals surface area contributed by atoms with Crippen LogP contribution in [-0.2, 0) is 22.2 Å². The van der Waals surface area contributed by atoms with Gasteiger partial charge in [-0.2, -0.15) is 13.2 Å². The zero-order valence-electron chi connectivity index (χ0n) is 19.9. The van der Waals surface area contributed by atoms with Crippen molar-refractivity contribution in [3.05, 3.63) is 59.5 Å². The van der Waals surface area contributed by atoms with Gasteiger partial charge in [-0.15, -0.1) is 0 Å². The number of ketones is 1. The lowest BCUT2D eigenvalue weighted by atomic mass is 10.0. The average Bonchev–Trinajstić information content (AvgIpc) is 2.78. The lowest BCUT2D eigenvalue weighted by molar-refractivity contribution is -0.137. The van der Waals surface area contributed by atoms with Crippen LogP contribution in [0.1, 0.15) is 50.2 Å². The number of benzene rings is 1. The standard InChI is InChI=1S/C26H32F3N3O3/c1-18-5-4-12-30-24(23(34)15-18)25(35)31-21-10-13-32(14-11-21)17-22(33)9-3-7-19-6-2-8-20(16-19)26(27,28)29/h2,4,6,8,12,15-16,18,21,34H,3,5,7,9-11,13-14,17H2,1H3,(H,31,35)/b12-4+,23-15+,30-24+/t18-/m1/s1. The molecule has 1 saturated heterocycles. The van der Waals surface area contributed by atoms with E-state index < -0.39 is 17.6 Å². The molecule has 6 nitrogen and oxygen atoms in total. The molecule has 1 atom stereocenters. The predicted molar refractivity (Wildman–Crippen MR) is 128 cm³/mol. The van der Waals surface area contributed by atoms with Gasteiger partial charge >= 0.3 is 6.18 Å². The molecule has 0 saturated carbocycles. The maximum Gasteiger partial charge on any atom is 0.416 e. The fourth-order valence-corrected chi connectivity index (χ4v) is 4.27. The van der Waals surface area contributed by atoms with E-state index in [0.29, 0.717) is 57.3 Å². The molecule has 0 aromatic heterocycles. The molecular weight excluding hydrogens is 459 g/mol. The van der Waals surface area contributed by atoms with E-state index in [9.17, 15) is 27.9 Å². The van der Waals surface area contributed by atoms with Crippen molar-refractivity contribution in [2.45, 2.75) is 57.7 Å². The third kappa shape index (κ3) is 8.35. The van der Waals surface area contributed by atoms with Crippen molar-refractivity contribution in [2.75, 3.05) is 19.6 Å². The first-order valence-electron chi connectivity index (χ1n) is 12.0. The molecule has 0 spiro atoms. The number of aliphatic hydroxyl groups is 1. The molecule has 0 aliphatic carbocycles. The first-order valence-corrected chi connectivity index (χ1v) is 12.0. The quantitative estimate of drug-likeness (QED) is 0.556. The van der Waals surface area contributed by atoms with Gasteiger partial charge in [-0.1, -0.05) is 31.2 Å². The Morgan fingerprint density at radius 1 is 1.23 bits per heavy atom. The van der Waals surface area contributed by atoms with Crippen LogP contribution in [0.2, 0.25) is 0 Å². The van der Waals surface area contributed by atoms with Crippen molar-refractivity contribution in [3.8, 4) is 0 Å². The maximum atomic E-state index is 12.8. The Bertz CT molecular complexity index is 993. The van der Waals surface area contributed by atoms with Gasteiger partial charge < -0.3 is 10.4 Å². The number of hydrogen-bond donors (Lipinski definition) is 2. The smallest absolute Gasteiger partial charge is 0.416 e. The number of hydrogen-bond acceptors (Lipinski definition) is 5. The largest absolute Gasteiger partial charge is 0.506 e. The zero-order valence-corrected chi connectivity index (χ0v) is 19.9. The van der Waals surface area contributed by atoms with E-state index in [0.717, 1.165) is 18.6 Å². The third-order valence-corrected chi connectivity index (χ3v) is 6.22. The summed E-state index contributed by atoms with van der Waals surface area (Å²) in [5, 5.41) is 13.1. The van der Waals surface area contributed by atoms with Gasteiger partial charge in [-0.05, 0) is 55.7 Å². The highest BCUT2D eigenvalue weighted by molar-refractivity contribution is 6.44. The summed E-state index contributed by atoms with van der Waals surface area (Å²) >= 11 is 0. The molecule has 2 heterocycles. The van der Waals surface area contributed by atoms with Gasteiger partial charge in [0, 0.05) is 31.8 Å². The Balaban J connectivity index is 1.39. The van der Waals surface area contributed by atoms with E-state index in [-0.39, 0.29) is 29.2 Å². The van der Waals surface area contributed by atoms with Crippen molar-refractivity contribution in [1.29, 1.82) is 0 Å². The Hall–Kier alpha value is -2.94. The second-order valence-electron chi connectivity index (χ2n) is 9.24. The fourth-order valence-electron chi connectivity index (χ4n) is 4.27. The first kappa shape index (κ1) is 26.7. The van der Waals surface area contributed by atoms with Crippen molar-refractivity contribution >= 4 is 17.4 Å². The number of allylic oxidation sites excluding steroid dienone is 2. The van der Waals surface area contributed by atoms with Gasteiger partial charge in [-0.25, -0.2) is 4.99 Å². The summed E-state index contributed by atoms with van der Waals surface area (Å²) < 4.78 is 38.5. The molecule has 0 radical (unpaired) electrons. The van der Waals surface area contributed by atoms with Crippen molar-refractivity contribution in [3.63, 3.8) is 0 Å². The number of likely N-dealkylation sites (tertiary alicyclic amines) is 1. The van der Waals surface area contributed by atoms with Crippen molar-refractivity contribution in [1.82, 2.24) is 10.2 Å². The number of aliphatic imine (C=N–C) groups is 1. The van der Waals surface area contributed by atoms with Gasteiger partial charge in [0.1, 0.15) is 11.5 Å². The molecule has 2 aliphatic heterocycles. The normalized spacial score (nSPS) is 23.8. The monoisotopic (exact) mass is 491 g/mol. The van der Waals surface area contributed by atoms with Crippen LogP contribution in [0.15, 0.2) is 53.4 Å².